The first-order valence-electron chi connectivity index (χ1n) is 3.86. The van der Waals surface area contributed by atoms with Crippen molar-refractivity contribution in [1.29, 1.82) is 0 Å². The highest BCUT2D eigenvalue weighted by Gasteiger charge is 2.14. The molecule has 0 bridgehead atoms. The van der Waals surface area contributed by atoms with Crippen LogP contribution in [0.5, 0.6) is 5.75 Å². The van der Waals surface area contributed by atoms with Crippen LogP contribution in [0.15, 0.2) is 12.1 Å². The third-order valence-electron chi connectivity index (χ3n) is 1.62. The van der Waals surface area contributed by atoms with Gasteiger partial charge in [0.05, 0.1) is 8.59 Å². The molecule has 0 aliphatic heterocycles. The van der Waals surface area contributed by atoms with Gasteiger partial charge in [0, 0.05) is 5.56 Å². The fourth-order valence-electron chi connectivity index (χ4n) is 0.949. The van der Waals surface area contributed by atoms with Crippen LogP contribution in [0.2, 0.25) is 5.02 Å². The van der Waals surface area contributed by atoms with Crippen molar-refractivity contribution in [3.05, 3.63) is 26.3 Å². The summed E-state index contributed by atoms with van der Waals surface area (Å²) in [6.45, 7) is -1.61. The molecule has 1 aromatic carbocycles. The number of alkyl halides is 2. The average molecular weight is 346 g/mol. The Hall–Kier alpha value is -0.430. The Morgan fingerprint density at radius 1 is 1.53 bits per heavy atom. The number of halogens is 4. The first-order chi connectivity index (χ1) is 6.91. The van der Waals surface area contributed by atoms with Gasteiger partial charge in [-0.1, -0.05) is 11.6 Å². The summed E-state index contributed by atoms with van der Waals surface area (Å²) in [5, 5.41) is 0.221. The second-order valence-corrected chi connectivity index (χ2v) is 4.19. The summed E-state index contributed by atoms with van der Waals surface area (Å²) < 4.78 is 28.6. The molecule has 0 aliphatic carbocycles. The maximum atomic E-state index is 12.0. The van der Waals surface area contributed by atoms with Gasteiger partial charge in [-0.25, -0.2) is 0 Å². The second kappa shape index (κ2) is 5.07. The summed E-state index contributed by atoms with van der Waals surface area (Å²) in [6, 6.07) is 2.67. The van der Waals surface area contributed by atoms with Crippen LogP contribution in [-0.2, 0) is 0 Å². The molecule has 0 N–H and O–H groups in total. The third kappa shape index (κ3) is 3.27. The van der Waals surface area contributed by atoms with Crippen LogP contribution in [0.1, 0.15) is 17.3 Å². The molecule has 1 aromatic rings. The second-order valence-electron chi connectivity index (χ2n) is 2.70. The largest absolute Gasteiger partial charge is 0.434 e. The maximum absolute atomic E-state index is 12.0. The standard InChI is InChI=1S/C9H6ClF2IO2/c1-4(14)5-2-6(10)8(13)7(3-5)15-9(11)12/h2-3,9H,1H3. The van der Waals surface area contributed by atoms with Crippen molar-refractivity contribution in [2.24, 2.45) is 0 Å². The lowest BCUT2D eigenvalue weighted by Gasteiger charge is -2.09. The molecule has 15 heavy (non-hydrogen) atoms. The lowest BCUT2D eigenvalue weighted by Crippen LogP contribution is -2.05. The fourth-order valence-corrected chi connectivity index (χ4v) is 1.60. The van der Waals surface area contributed by atoms with E-state index >= 15 is 0 Å². The summed E-state index contributed by atoms with van der Waals surface area (Å²) in [4.78, 5) is 11.0. The molecule has 0 unspecified atom stereocenters. The Kier molecular flexibility index (Phi) is 4.27. The molecule has 0 atom stereocenters. The summed E-state index contributed by atoms with van der Waals surface area (Å²) >= 11 is 7.54. The molecule has 2 nitrogen and oxygen atoms in total. The van der Waals surface area contributed by atoms with Gasteiger partial charge >= 0.3 is 6.61 Å². The number of Topliss-reactive ketones (excluding diaryl/α,β-unsaturated/α-hetero) is 1. The van der Waals surface area contributed by atoms with Crippen LogP contribution < -0.4 is 4.74 Å². The minimum absolute atomic E-state index is 0.0803. The highest BCUT2D eigenvalue weighted by Crippen LogP contribution is 2.31. The van der Waals surface area contributed by atoms with E-state index in [4.69, 9.17) is 11.6 Å². The Balaban J connectivity index is 3.19. The van der Waals surface area contributed by atoms with Crippen LogP contribution in [0.3, 0.4) is 0 Å². The number of benzene rings is 1. The van der Waals surface area contributed by atoms with Gasteiger partial charge < -0.3 is 4.74 Å². The number of carbonyl (C=O) groups is 1. The predicted molar refractivity (Wildman–Crippen MR) is 60.8 cm³/mol. The highest BCUT2D eigenvalue weighted by atomic mass is 127. The van der Waals surface area contributed by atoms with Crippen molar-refractivity contribution in [2.75, 3.05) is 0 Å². The molecule has 0 aromatic heterocycles. The molecule has 0 heterocycles. The van der Waals surface area contributed by atoms with E-state index in [9.17, 15) is 13.6 Å². The summed E-state index contributed by atoms with van der Waals surface area (Å²) in [5.41, 5.74) is 0.246. The topological polar surface area (TPSA) is 26.3 Å². The quantitative estimate of drug-likeness (QED) is 0.615. The van der Waals surface area contributed by atoms with E-state index in [1.807, 2.05) is 0 Å². The predicted octanol–water partition coefficient (Wildman–Crippen LogP) is 3.75. The van der Waals surface area contributed by atoms with Crippen molar-refractivity contribution in [3.8, 4) is 5.75 Å². The van der Waals surface area contributed by atoms with E-state index in [1.165, 1.54) is 19.1 Å². The molecule has 0 amide bonds. The van der Waals surface area contributed by atoms with Crippen molar-refractivity contribution in [2.45, 2.75) is 13.5 Å². The van der Waals surface area contributed by atoms with E-state index in [1.54, 1.807) is 22.6 Å². The van der Waals surface area contributed by atoms with Gasteiger partial charge in [0.1, 0.15) is 5.75 Å². The Morgan fingerprint density at radius 3 is 2.60 bits per heavy atom. The van der Waals surface area contributed by atoms with Crippen LogP contribution >= 0.6 is 34.2 Å². The zero-order valence-electron chi connectivity index (χ0n) is 7.56. The molecule has 0 saturated carbocycles. The zero-order chi connectivity index (χ0) is 11.6. The molecular weight excluding hydrogens is 340 g/mol. The van der Waals surface area contributed by atoms with Crippen LogP contribution in [0, 0.1) is 3.57 Å². The van der Waals surface area contributed by atoms with E-state index < -0.39 is 6.61 Å². The first kappa shape index (κ1) is 12.6. The van der Waals surface area contributed by atoms with Gasteiger partial charge in [0.15, 0.2) is 5.78 Å². The first-order valence-corrected chi connectivity index (χ1v) is 5.32. The number of ketones is 1. The van der Waals surface area contributed by atoms with Gasteiger partial charge in [-0.05, 0) is 41.6 Å². The Bertz CT molecular complexity index is 396. The minimum atomic E-state index is -2.93. The van der Waals surface area contributed by atoms with Crippen molar-refractivity contribution in [3.63, 3.8) is 0 Å². The summed E-state index contributed by atoms with van der Waals surface area (Å²) in [5.74, 6) is -0.337. The number of hydrogen-bond acceptors (Lipinski definition) is 2. The Morgan fingerprint density at radius 2 is 2.13 bits per heavy atom. The summed E-state index contributed by atoms with van der Waals surface area (Å²) in [7, 11) is 0. The zero-order valence-corrected chi connectivity index (χ0v) is 10.5. The van der Waals surface area contributed by atoms with E-state index in [2.05, 4.69) is 4.74 Å². The number of ether oxygens (including phenoxy) is 1. The molecule has 1 rings (SSSR count). The third-order valence-corrected chi connectivity index (χ3v) is 3.35. The maximum Gasteiger partial charge on any atom is 0.387 e. The number of hydrogen-bond donors (Lipinski definition) is 0. The average Bonchev–Trinajstić information content (AvgIpc) is 2.11. The SMILES string of the molecule is CC(=O)c1cc(Cl)c(I)c(OC(F)F)c1. The van der Waals surface area contributed by atoms with Crippen LogP contribution in [0.4, 0.5) is 8.78 Å². The fraction of sp³-hybridized carbons (Fsp3) is 0.222. The highest BCUT2D eigenvalue weighted by molar-refractivity contribution is 14.1. The minimum Gasteiger partial charge on any atom is -0.434 e. The normalized spacial score (nSPS) is 10.5. The molecule has 0 aliphatic rings. The van der Waals surface area contributed by atoms with E-state index in [-0.39, 0.29) is 22.1 Å². The van der Waals surface area contributed by atoms with Crippen LogP contribution in [0.25, 0.3) is 0 Å². The van der Waals surface area contributed by atoms with Gasteiger partial charge in [0.2, 0.25) is 0 Å². The van der Waals surface area contributed by atoms with E-state index in [0.29, 0.717) is 3.57 Å². The van der Waals surface area contributed by atoms with Crippen LogP contribution in [-0.4, -0.2) is 12.4 Å². The molecule has 0 fully saturated rings. The monoisotopic (exact) mass is 346 g/mol. The lowest BCUT2D eigenvalue weighted by atomic mass is 10.1. The summed E-state index contributed by atoms with van der Waals surface area (Å²) in [6.07, 6.45) is 0. The molecule has 0 saturated heterocycles. The lowest BCUT2D eigenvalue weighted by molar-refractivity contribution is -0.0504. The molecule has 0 radical (unpaired) electrons. The Labute approximate surface area is 104 Å². The molecule has 0 spiro atoms. The smallest absolute Gasteiger partial charge is 0.387 e. The molecular formula is C9H6ClF2IO2. The van der Waals surface area contributed by atoms with Gasteiger partial charge in [-0.3, -0.25) is 4.79 Å². The number of carbonyl (C=O) groups excluding carboxylic acids is 1. The molecule has 6 heteroatoms. The van der Waals surface area contributed by atoms with Crippen molar-refractivity contribution < 1.29 is 18.3 Å². The molecule has 82 valence electrons. The van der Waals surface area contributed by atoms with Crippen molar-refractivity contribution >= 4 is 40.0 Å². The van der Waals surface area contributed by atoms with Gasteiger partial charge in [0.25, 0.3) is 0 Å². The van der Waals surface area contributed by atoms with Gasteiger partial charge in [-0.2, -0.15) is 8.78 Å². The number of rotatable bonds is 3. The van der Waals surface area contributed by atoms with E-state index in [0.717, 1.165) is 0 Å². The van der Waals surface area contributed by atoms with Gasteiger partial charge in [-0.15, -0.1) is 0 Å². The van der Waals surface area contributed by atoms with Crippen molar-refractivity contribution in [1.82, 2.24) is 0 Å².